The van der Waals surface area contributed by atoms with Crippen LogP contribution in [0.25, 0.3) is 0 Å². The normalized spacial score (nSPS) is 41.3. The smallest absolute Gasteiger partial charge is 0.334 e. The lowest BCUT2D eigenvalue weighted by atomic mass is 9.76. The Morgan fingerprint density at radius 2 is 1.66 bits per heavy atom. The molecular formula is C36H60O8. The maximum absolute atomic E-state index is 13.4. The molecule has 0 aromatic carbocycles. The van der Waals surface area contributed by atoms with Gasteiger partial charge in [0, 0.05) is 49.9 Å². The zero-order valence-corrected chi connectivity index (χ0v) is 29.1. The molecule has 252 valence electrons. The first-order valence-corrected chi connectivity index (χ1v) is 16.2. The van der Waals surface area contributed by atoms with Crippen LogP contribution in [0.4, 0.5) is 0 Å². The third-order valence-electron chi connectivity index (χ3n) is 9.76. The van der Waals surface area contributed by atoms with E-state index in [1.807, 2.05) is 65.8 Å². The van der Waals surface area contributed by atoms with E-state index in [2.05, 4.69) is 6.92 Å². The minimum atomic E-state index is -1.65. The highest BCUT2D eigenvalue weighted by molar-refractivity contribution is 5.88. The fraction of sp³-hybridized carbons (Fsp3) is 0.750. The lowest BCUT2D eigenvalue weighted by Gasteiger charge is -2.50. The van der Waals surface area contributed by atoms with Crippen LogP contribution in [0.5, 0.6) is 0 Å². The summed E-state index contributed by atoms with van der Waals surface area (Å²) in [6.07, 6.45) is 6.59. The van der Waals surface area contributed by atoms with E-state index in [0.29, 0.717) is 5.57 Å². The molecule has 0 aromatic heterocycles. The van der Waals surface area contributed by atoms with Gasteiger partial charge in [0.25, 0.3) is 0 Å². The van der Waals surface area contributed by atoms with Crippen LogP contribution in [0, 0.1) is 35.5 Å². The molecule has 0 aliphatic carbocycles. The van der Waals surface area contributed by atoms with E-state index in [1.165, 1.54) is 7.11 Å². The number of carbonyl (C=O) groups excluding carboxylic acids is 1. The van der Waals surface area contributed by atoms with Crippen molar-refractivity contribution < 1.29 is 39.1 Å². The molecule has 2 heterocycles. The van der Waals surface area contributed by atoms with Crippen LogP contribution in [-0.2, 0) is 23.7 Å². The molecule has 0 bridgehead atoms. The molecule has 8 nitrogen and oxygen atoms in total. The maximum atomic E-state index is 13.4. The second-order valence-electron chi connectivity index (χ2n) is 13.9. The topological polar surface area (TPSA) is 115 Å². The molecule has 1 saturated heterocycles. The maximum Gasteiger partial charge on any atom is 0.334 e. The van der Waals surface area contributed by atoms with Gasteiger partial charge < -0.3 is 34.3 Å². The molecule has 0 saturated carbocycles. The molecule has 1 fully saturated rings. The summed E-state index contributed by atoms with van der Waals surface area (Å²) in [5.74, 6) is -3.43. The average Bonchev–Trinajstić information content (AvgIpc) is 2.96. The fourth-order valence-electron chi connectivity index (χ4n) is 6.85. The van der Waals surface area contributed by atoms with Crippen molar-refractivity contribution >= 4 is 5.97 Å². The zero-order chi connectivity index (χ0) is 33.5. The van der Waals surface area contributed by atoms with Crippen LogP contribution in [0.1, 0.15) is 82.1 Å². The molecule has 2 rings (SSSR count). The Morgan fingerprint density at radius 1 is 1.02 bits per heavy atom. The van der Waals surface area contributed by atoms with E-state index in [4.69, 9.17) is 18.9 Å². The number of esters is 1. The number of ether oxygens (including phenoxy) is 4. The highest BCUT2D eigenvalue weighted by atomic mass is 16.6. The van der Waals surface area contributed by atoms with Crippen molar-refractivity contribution in [3.63, 3.8) is 0 Å². The Kier molecular flexibility index (Phi) is 14.5. The number of carbonyl (C=O) groups is 1. The Labute approximate surface area is 266 Å². The van der Waals surface area contributed by atoms with Gasteiger partial charge in [0.2, 0.25) is 0 Å². The van der Waals surface area contributed by atoms with Gasteiger partial charge in [-0.3, -0.25) is 0 Å². The molecule has 0 radical (unpaired) electrons. The Hall–Kier alpha value is -1.81. The largest absolute Gasteiger partial charge is 0.456 e. The molecule has 8 heteroatoms. The van der Waals surface area contributed by atoms with Gasteiger partial charge in [-0.1, -0.05) is 83.9 Å². The lowest BCUT2D eigenvalue weighted by molar-refractivity contribution is -0.330. The summed E-state index contributed by atoms with van der Waals surface area (Å²) >= 11 is 0. The highest BCUT2D eigenvalue weighted by Gasteiger charge is 2.52. The second kappa shape index (κ2) is 16.7. The molecule has 12 unspecified atom stereocenters. The van der Waals surface area contributed by atoms with E-state index < -0.39 is 48.0 Å². The van der Waals surface area contributed by atoms with E-state index in [0.717, 1.165) is 17.6 Å². The van der Waals surface area contributed by atoms with Gasteiger partial charge in [-0.15, -0.1) is 0 Å². The van der Waals surface area contributed by atoms with Crippen molar-refractivity contribution in [1.29, 1.82) is 0 Å². The first-order valence-electron chi connectivity index (χ1n) is 16.2. The Bertz CT molecular complexity index is 1060. The van der Waals surface area contributed by atoms with Crippen molar-refractivity contribution in [2.24, 2.45) is 35.5 Å². The number of cyclic esters (lactones) is 1. The van der Waals surface area contributed by atoms with Crippen LogP contribution in [0.2, 0.25) is 0 Å². The molecule has 2 aliphatic rings. The number of aliphatic hydroxyl groups excluding tert-OH is 2. The molecule has 12 atom stereocenters. The Balaban J connectivity index is 2.50. The van der Waals surface area contributed by atoms with Gasteiger partial charge in [-0.2, -0.15) is 0 Å². The van der Waals surface area contributed by atoms with E-state index in [-0.39, 0.29) is 42.3 Å². The van der Waals surface area contributed by atoms with Gasteiger partial charge in [0.15, 0.2) is 5.79 Å². The quantitative estimate of drug-likeness (QED) is 0.308. The highest BCUT2D eigenvalue weighted by Crippen LogP contribution is 2.42. The van der Waals surface area contributed by atoms with Crippen molar-refractivity contribution in [1.82, 2.24) is 0 Å². The number of hydrogen-bond donors (Lipinski definition) is 3. The first kappa shape index (κ1) is 38.4. The number of aliphatic hydroxyl groups is 3. The molecule has 44 heavy (non-hydrogen) atoms. The standard InChI is InChI=1S/C36H60O8/c1-20(2)33-26(8)30(42-12)19-36(40,44-33)28(10)32(38)27(9)34-29(41-11)15-13-14-21(3)16-23(5)31(37)24(6)17-22(4)18-25(7)35(39)43-34/h13-15,17-18,20,23-24,26-34,37-38,40H,16,19H2,1-12H3/b15-13+,21-14-,22-17+,25-18+. The van der Waals surface area contributed by atoms with E-state index in [9.17, 15) is 20.1 Å². The average molecular weight is 621 g/mol. The van der Waals surface area contributed by atoms with Crippen LogP contribution in [0.3, 0.4) is 0 Å². The summed E-state index contributed by atoms with van der Waals surface area (Å²) < 4.78 is 24.0. The third-order valence-corrected chi connectivity index (χ3v) is 9.76. The minimum absolute atomic E-state index is 0.0353. The van der Waals surface area contributed by atoms with Gasteiger partial charge in [0.05, 0.1) is 24.4 Å². The molecular weight excluding hydrogens is 560 g/mol. The SMILES string of the molecule is COC1/C=C/C=C(/C)CC(C)C(O)C(C)/C=C(C)/C=C(\C)C(=O)OC1C(C)C(O)C(C)C1(O)CC(OC)C(C)C(C(C)C)O1. The summed E-state index contributed by atoms with van der Waals surface area (Å²) in [4.78, 5) is 13.4. The fourth-order valence-corrected chi connectivity index (χ4v) is 6.85. The van der Waals surface area contributed by atoms with Gasteiger partial charge in [0.1, 0.15) is 12.2 Å². The molecule has 2 aliphatic heterocycles. The summed E-state index contributed by atoms with van der Waals surface area (Å²) in [6, 6.07) is 0. The Morgan fingerprint density at radius 3 is 2.23 bits per heavy atom. The number of allylic oxidation sites excluding steroid dienone is 5. The summed E-state index contributed by atoms with van der Waals surface area (Å²) in [6.45, 7) is 19.3. The number of rotatable bonds is 7. The lowest BCUT2D eigenvalue weighted by Crippen LogP contribution is -2.59. The van der Waals surface area contributed by atoms with E-state index >= 15 is 0 Å². The van der Waals surface area contributed by atoms with Crippen molar-refractivity contribution in [3.05, 3.63) is 47.1 Å². The molecule has 0 amide bonds. The zero-order valence-electron chi connectivity index (χ0n) is 29.1. The van der Waals surface area contributed by atoms with Crippen LogP contribution >= 0.6 is 0 Å². The second-order valence-corrected chi connectivity index (χ2v) is 13.9. The molecule has 0 aromatic rings. The molecule has 0 spiro atoms. The predicted molar refractivity (Wildman–Crippen MR) is 174 cm³/mol. The van der Waals surface area contributed by atoms with Gasteiger partial charge in [-0.05, 0) is 45.1 Å². The van der Waals surface area contributed by atoms with Crippen molar-refractivity contribution in [2.45, 2.75) is 124 Å². The van der Waals surface area contributed by atoms with Crippen LogP contribution in [-0.4, -0.2) is 77.9 Å². The van der Waals surface area contributed by atoms with Crippen molar-refractivity contribution in [2.75, 3.05) is 14.2 Å². The number of methoxy groups -OCH3 is 2. The number of hydrogen-bond acceptors (Lipinski definition) is 8. The van der Waals surface area contributed by atoms with Crippen LogP contribution in [0.15, 0.2) is 47.1 Å². The summed E-state index contributed by atoms with van der Waals surface area (Å²) in [5.41, 5.74) is 2.32. The third kappa shape index (κ3) is 9.60. The predicted octanol–water partition coefficient (Wildman–Crippen LogP) is 5.76. The summed E-state index contributed by atoms with van der Waals surface area (Å²) in [7, 11) is 3.17. The van der Waals surface area contributed by atoms with E-state index in [1.54, 1.807) is 34.0 Å². The van der Waals surface area contributed by atoms with Gasteiger partial charge in [-0.25, -0.2) is 4.79 Å². The molecule has 3 N–H and O–H groups in total. The minimum Gasteiger partial charge on any atom is -0.456 e. The van der Waals surface area contributed by atoms with Crippen molar-refractivity contribution in [3.8, 4) is 0 Å². The van der Waals surface area contributed by atoms with Crippen LogP contribution < -0.4 is 0 Å². The first-order chi connectivity index (χ1) is 20.5. The summed E-state index contributed by atoms with van der Waals surface area (Å²) in [5, 5.41) is 34.5. The monoisotopic (exact) mass is 620 g/mol. The van der Waals surface area contributed by atoms with Gasteiger partial charge >= 0.3 is 5.97 Å².